The molecule has 7 heteroatoms. The van der Waals surface area contributed by atoms with Gasteiger partial charge in [0, 0.05) is 18.7 Å². The molecule has 3 aromatic rings. The lowest BCUT2D eigenvalue weighted by Gasteiger charge is -2.42. The van der Waals surface area contributed by atoms with Crippen LogP contribution in [0.1, 0.15) is 77.9 Å². The summed E-state index contributed by atoms with van der Waals surface area (Å²) in [6.07, 6.45) is 2.18. The normalized spacial score (nSPS) is 15.0. The third kappa shape index (κ3) is 7.75. The van der Waals surface area contributed by atoms with Gasteiger partial charge in [0.05, 0.1) is 13.2 Å². The second-order valence-corrected chi connectivity index (χ2v) is 11.6. The number of ketones is 1. The molecule has 0 atom stereocenters. The Morgan fingerprint density at radius 1 is 0.805 bits per heavy atom. The van der Waals surface area contributed by atoms with Crippen LogP contribution < -0.4 is 9.47 Å². The molecule has 0 saturated carbocycles. The highest BCUT2D eigenvalue weighted by Crippen LogP contribution is 2.46. The van der Waals surface area contributed by atoms with Gasteiger partial charge in [0.15, 0.2) is 19.2 Å². The van der Waals surface area contributed by atoms with Crippen molar-refractivity contribution in [3.8, 4) is 11.5 Å². The molecule has 0 N–H and O–H groups in total. The molecule has 0 radical (unpaired) electrons. The second kappa shape index (κ2) is 13.3. The minimum Gasteiger partial charge on any atom is -0.485 e. The lowest BCUT2D eigenvalue weighted by molar-refractivity contribution is -0.00931. The number of benzene rings is 3. The molecule has 0 fully saturated rings. The Morgan fingerprint density at radius 3 is 2.27 bits per heavy atom. The van der Waals surface area contributed by atoms with Crippen molar-refractivity contribution in [2.24, 2.45) is 0 Å². The fraction of sp³-hybridized carbons (Fsp3) is 0.412. The number of carbonyl (C=O) groups excluding carboxylic acids is 2. The van der Waals surface area contributed by atoms with Crippen LogP contribution >= 0.6 is 0 Å². The maximum absolute atomic E-state index is 13.2. The van der Waals surface area contributed by atoms with E-state index in [-0.39, 0.29) is 47.9 Å². The zero-order chi connectivity index (χ0) is 29.5. The average molecular weight is 561 g/mol. The van der Waals surface area contributed by atoms with Gasteiger partial charge >= 0.3 is 5.97 Å². The van der Waals surface area contributed by atoms with E-state index >= 15 is 0 Å². The summed E-state index contributed by atoms with van der Waals surface area (Å²) < 4.78 is 27.5. The molecule has 3 aromatic carbocycles. The summed E-state index contributed by atoms with van der Waals surface area (Å²) in [4.78, 5) is 26.1. The van der Waals surface area contributed by atoms with Gasteiger partial charge in [-0.1, -0.05) is 70.2 Å². The first-order valence-corrected chi connectivity index (χ1v) is 14.0. The van der Waals surface area contributed by atoms with E-state index in [1.54, 1.807) is 25.3 Å². The molecular weight excluding hydrogens is 520 g/mol. The van der Waals surface area contributed by atoms with Crippen LogP contribution in [0.4, 0.5) is 0 Å². The van der Waals surface area contributed by atoms with Crippen molar-refractivity contribution < 1.29 is 33.3 Å². The molecule has 0 bridgehead atoms. The van der Waals surface area contributed by atoms with E-state index in [9.17, 15) is 9.59 Å². The van der Waals surface area contributed by atoms with Crippen LogP contribution in [0, 0.1) is 0 Å². The maximum atomic E-state index is 13.2. The number of ether oxygens (including phenoxy) is 5. The molecular formula is C34H40O7. The molecule has 7 nitrogen and oxygen atoms in total. The van der Waals surface area contributed by atoms with E-state index < -0.39 is 5.97 Å². The Balaban J connectivity index is 1.46. The van der Waals surface area contributed by atoms with E-state index in [0.29, 0.717) is 24.5 Å². The molecule has 218 valence electrons. The zero-order valence-electron chi connectivity index (χ0n) is 24.7. The average Bonchev–Trinajstić information content (AvgIpc) is 2.97. The van der Waals surface area contributed by atoms with Gasteiger partial charge < -0.3 is 23.7 Å². The number of Topliss-reactive ketones (excluding diaryl/α,β-unsaturated/α-hetero) is 1. The summed E-state index contributed by atoms with van der Waals surface area (Å²) in [5.74, 6) is -0.0286. The fourth-order valence-electron chi connectivity index (χ4n) is 4.98. The molecule has 41 heavy (non-hydrogen) atoms. The highest BCUT2D eigenvalue weighted by atomic mass is 16.7. The van der Waals surface area contributed by atoms with Crippen molar-refractivity contribution >= 4 is 11.8 Å². The van der Waals surface area contributed by atoms with E-state index in [1.807, 2.05) is 42.5 Å². The molecule has 0 unspecified atom stereocenters. The van der Waals surface area contributed by atoms with Gasteiger partial charge in [0.25, 0.3) is 0 Å². The third-order valence-electron chi connectivity index (χ3n) is 7.66. The van der Waals surface area contributed by atoms with Crippen LogP contribution in [0.3, 0.4) is 0 Å². The van der Waals surface area contributed by atoms with Crippen LogP contribution in [-0.2, 0) is 31.6 Å². The van der Waals surface area contributed by atoms with Gasteiger partial charge in [-0.2, -0.15) is 0 Å². The van der Waals surface area contributed by atoms with Crippen molar-refractivity contribution in [1.29, 1.82) is 0 Å². The number of esters is 1. The fourth-order valence-corrected chi connectivity index (χ4v) is 4.98. The van der Waals surface area contributed by atoms with E-state index in [0.717, 1.165) is 18.4 Å². The van der Waals surface area contributed by atoms with Gasteiger partial charge in [0.1, 0.15) is 23.7 Å². The highest BCUT2D eigenvalue weighted by molar-refractivity contribution is 5.97. The van der Waals surface area contributed by atoms with Crippen molar-refractivity contribution in [1.82, 2.24) is 0 Å². The van der Waals surface area contributed by atoms with Gasteiger partial charge in [-0.25, -0.2) is 4.79 Å². The number of hydrogen-bond donors (Lipinski definition) is 0. The first kappa shape index (κ1) is 30.3. The van der Waals surface area contributed by atoms with Crippen molar-refractivity contribution in [3.05, 3.63) is 94.5 Å². The second-order valence-electron chi connectivity index (χ2n) is 11.6. The Labute approximate surface area is 242 Å². The summed E-state index contributed by atoms with van der Waals surface area (Å²) >= 11 is 0. The molecule has 0 amide bonds. The van der Waals surface area contributed by atoms with Crippen LogP contribution in [-0.4, -0.2) is 45.5 Å². The van der Waals surface area contributed by atoms with Crippen molar-refractivity contribution in [3.63, 3.8) is 0 Å². The van der Waals surface area contributed by atoms with Crippen molar-refractivity contribution in [2.75, 3.05) is 33.7 Å². The Hall–Kier alpha value is -3.68. The highest BCUT2D eigenvalue weighted by Gasteiger charge is 2.37. The van der Waals surface area contributed by atoms with Gasteiger partial charge in [-0.15, -0.1) is 0 Å². The number of rotatable bonds is 13. The quantitative estimate of drug-likeness (QED) is 0.100. The predicted molar refractivity (Wildman–Crippen MR) is 157 cm³/mol. The Morgan fingerprint density at radius 2 is 1.54 bits per heavy atom. The molecule has 4 rings (SSSR count). The summed E-state index contributed by atoms with van der Waals surface area (Å²) in [5.41, 5.74) is 4.34. The number of carbonyl (C=O) groups is 2. The standard InChI is InChI=1S/C34H40O7/c1-33(2)15-16-34(3,4)29-19-25(11-14-28(29)33)30(35)22-39-26-12-13-27(31(20-26)41-23-38-18-17-37-5)32(36)40-21-24-9-7-6-8-10-24/h6-14,19-20H,15-18,21-23H2,1-5H3. The van der Waals surface area contributed by atoms with Gasteiger partial charge in [-0.3, -0.25) is 4.79 Å². The van der Waals surface area contributed by atoms with Gasteiger partial charge in [0.2, 0.25) is 0 Å². The van der Waals surface area contributed by atoms with E-state index in [2.05, 4.69) is 33.8 Å². The SMILES string of the molecule is COCCOCOc1cc(OCC(=O)c2ccc3c(c2)C(C)(C)CCC3(C)C)ccc1C(=O)OCc1ccccc1. The number of hydrogen-bond acceptors (Lipinski definition) is 7. The molecule has 1 aliphatic rings. The minimum atomic E-state index is -0.539. The molecule has 0 saturated heterocycles. The maximum Gasteiger partial charge on any atom is 0.342 e. The van der Waals surface area contributed by atoms with Gasteiger partial charge in [-0.05, 0) is 58.6 Å². The molecule has 0 aliphatic heterocycles. The monoisotopic (exact) mass is 560 g/mol. The van der Waals surface area contributed by atoms with Crippen LogP contribution in [0.5, 0.6) is 11.5 Å². The van der Waals surface area contributed by atoms with Crippen LogP contribution in [0.25, 0.3) is 0 Å². The lowest BCUT2D eigenvalue weighted by atomic mass is 9.63. The van der Waals surface area contributed by atoms with E-state index in [4.69, 9.17) is 23.7 Å². The Kier molecular flexibility index (Phi) is 9.84. The zero-order valence-corrected chi connectivity index (χ0v) is 24.7. The van der Waals surface area contributed by atoms with Crippen LogP contribution in [0.15, 0.2) is 66.7 Å². The largest absolute Gasteiger partial charge is 0.485 e. The third-order valence-corrected chi connectivity index (χ3v) is 7.66. The summed E-state index contributed by atoms with van der Waals surface area (Å²) in [6.45, 7) is 9.63. The molecule has 1 aliphatic carbocycles. The number of fused-ring (bicyclic) bond motifs is 1. The summed E-state index contributed by atoms with van der Waals surface area (Å²) in [7, 11) is 1.58. The summed E-state index contributed by atoms with van der Waals surface area (Å²) in [5, 5.41) is 0. The first-order chi connectivity index (χ1) is 19.6. The summed E-state index contributed by atoms with van der Waals surface area (Å²) in [6, 6.07) is 20.2. The minimum absolute atomic E-state index is 0.00448. The molecule has 0 spiro atoms. The molecule has 0 aromatic heterocycles. The predicted octanol–water partition coefficient (Wildman–Crippen LogP) is 6.65. The molecule has 0 heterocycles. The first-order valence-electron chi connectivity index (χ1n) is 14.0. The van der Waals surface area contributed by atoms with Crippen LogP contribution in [0.2, 0.25) is 0 Å². The topological polar surface area (TPSA) is 80.3 Å². The number of methoxy groups -OCH3 is 1. The van der Waals surface area contributed by atoms with Crippen molar-refractivity contribution in [2.45, 2.75) is 58.0 Å². The Bertz CT molecular complexity index is 1340. The lowest BCUT2D eigenvalue weighted by Crippen LogP contribution is -2.34. The van der Waals surface area contributed by atoms with E-state index in [1.165, 1.54) is 11.1 Å². The smallest absolute Gasteiger partial charge is 0.342 e.